The van der Waals surface area contributed by atoms with Crippen molar-refractivity contribution in [3.05, 3.63) is 65.2 Å². The second kappa shape index (κ2) is 7.17. The van der Waals surface area contributed by atoms with Gasteiger partial charge in [-0.3, -0.25) is 4.79 Å². The first kappa shape index (κ1) is 17.3. The molecule has 2 atom stereocenters. The van der Waals surface area contributed by atoms with E-state index in [0.29, 0.717) is 0 Å². The van der Waals surface area contributed by atoms with Crippen molar-refractivity contribution in [2.24, 2.45) is 0 Å². The number of alkyl halides is 1. The van der Waals surface area contributed by atoms with Gasteiger partial charge in [0.05, 0.1) is 6.54 Å². The molecule has 3 nitrogen and oxygen atoms in total. The minimum Gasteiger partial charge on any atom is -0.483 e. The summed E-state index contributed by atoms with van der Waals surface area (Å²) in [6.07, 6.45) is -0.878. The number of likely N-dealkylation sites (tertiary alicyclic amines) is 1. The molecule has 0 saturated carbocycles. The Morgan fingerprint density at radius 3 is 2.40 bits per heavy atom. The molecule has 0 aromatic heterocycles. The summed E-state index contributed by atoms with van der Waals surface area (Å²) >= 11 is 0. The average Bonchev–Trinajstić information content (AvgIpc) is 2.92. The highest BCUT2D eigenvalue weighted by Crippen LogP contribution is 2.27. The Morgan fingerprint density at radius 2 is 1.84 bits per heavy atom. The van der Waals surface area contributed by atoms with Crippen molar-refractivity contribution in [3.8, 4) is 5.75 Å². The molecule has 0 spiro atoms. The van der Waals surface area contributed by atoms with Crippen LogP contribution in [0.25, 0.3) is 0 Å². The molecule has 0 aliphatic carbocycles. The van der Waals surface area contributed by atoms with Crippen LogP contribution in [-0.2, 0) is 6.61 Å². The summed E-state index contributed by atoms with van der Waals surface area (Å²) < 4.78 is 47.1. The molecule has 1 fully saturated rings. The van der Waals surface area contributed by atoms with Crippen LogP contribution < -0.4 is 4.74 Å². The van der Waals surface area contributed by atoms with Crippen molar-refractivity contribution in [1.82, 2.24) is 4.90 Å². The van der Waals surface area contributed by atoms with Gasteiger partial charge in [0.25, 0.3) is 5.91 Å². The Kier molecular flexibility index (Phi) is 4.97. The van der Waals surface area contributed by atoms with Gasteiger partial charge in [0.1, 0.15) is 12.8 Å². The molecule has 1 aliphatic rings. The molecule has 132 valence electrons. The number of amides is 1. The highest BCUT2D eigenvalue weighted by atomic mass is 19.1. The Morgan fingerprint density at radius 1 is 1.20 bits per heavy atom. The summed E-state index contributed by atoms with van der Waals surface area (Å²) in [5.41, 5.74) is 0.615. The number of nitrogens with zero attached hydrogens (tertiary/aromatic N) is 1. The molecule has 0 bridgehead atoms. The largest absolute Gasteiger partial charge is 0.483 e. The molecule has 1 aliphatic heterocycles. The van der Waals surface area contributed by atoms with E-state index >= 15 is 0 Å². The van der Waals surface area contributed by atoms with Crippen LogP contribution >= 0.6 is 0 Å². The quantitative estimate of drug-likeness (QED) is 0.831. The van der Waals surface area contributed by atoms with Gasteiger partial charge in [-0.15, -0.1) is 0 Å². The lowest BCUT2D eigenvalue weighted by Crippen LogP contribution is -2.34. The number of rotatable bonds is 4. The number of halogens is 3. The SMILES string of the molecule is CC1CC(F)CN1C(=O)c1cc(F)c(OCc2ccccc2)c(F)c1. The first-order valence-corrected chi connectivity index (χ1v) is 8.06. The van der Waals surface area contributed by atoms with Crippen molar-refractivity contribution in [2.75, 3.05) is 6.54 Å². The first-order chi connectivity index (χ1) is 12.0. The fourth-order valence-electron chi connectivity index (χ4n) is 2.97. The molecule has 0 radical (unpaired) electrons. The summed E-state index contributed by atoms with van der Waals surface area (Å²) in [7, 11) is 0. The van der Waals surface area contributed by atoms with Crippen molar-refractivity contribution in [3.63, 3.8) is 0 Å². The van der Waals surface area contributed by atoms with E-state index in [1.54, 1.807) is 31.2 Å². The fourth-order valence-corrected chi connectivity index (χ4v) is 2.97. The van der Waals surface area contributed by atoms with E-state index in [1.807, 2.05) is 6.07 Å². The summed E-state index contributed by atoms with van der Waals surface area (Å²) in [4.78, 5) is 13.7. The minimum atomic E-state index is -1.11. The highest BCUT2D eigenvalue weighted by Gasteiger charge is 2.33. The smallest absolute Gasteiger partial charge is 0.254 e. The molecule has 1 saturated heterocycles. The molecule has 25 heavy (non-hydrogen) atoms. The maximum atomic E-state index is 14.2. The zero-order chi connectivity index (χ0) is 18.0. The van der Waals surface area contributed by atoms with E-state index in [1.165, 1.54) is 4.90 Å². The summed E-state index contributed by atoms with van der Waals surface area (Å²) in [5, 5.41) is 0. The van der Waals surface area contributed by atoms with Crippen molar-refractivity contribution in [2.45, 2.75) is 32.2 Å². The molecule has 2 unspecified atom stereocenters. The van der Waals surface area contributed by atoms with Gasteiger partial charge in [-0.2, -0.15) is 0 Å². The van der Waals surface area contributed by atoms with Crippen LogP contribution in [0.3, 0.4) is 0 Å². The third kappa shape index (κ3) is 3.78. The van der Waals surface area contributed by atoms with Gasteiger partial charge in [-0.25, -0.2) is 13.2 Å². The second-order valence-corrected chi connectivity index (χ2v) is 6.18. The Labute approximate surface area is 144 Å². The van der Waals surface area contributed by atoms with Gasteiger partial charge >= 0.3 is 0 Å². The van der Waals surface area contributed by atoms with Gasteiger partial charge in [-0.1, -0.05) is 30.3 Å². The zero-order valence-corrected chi connectivity index (χ0v) is 13.7. The highest BCUT2D eigenvalue weighted by molar-refractivity contribution is 5.94. The van der Waals surface area contributed by atoms with Gasteiger partial charge < -0.3 is 9.64 Å². The van der Waals surface area contributed by atoms with Crippen LogP contribution in [0.1, 0.15) is 29.3 Å². The van der Waals surface area contributed by atoms with Gasteiger partial charge in [-0.05, 0) is 24.6 Å². The summed E-state index contributed by atoms with van der Waals surface area (Å²) in [5.74, 6) is -3.02. The zero-order valence-electron chi connectivity index (χ0n) is 13.7. The van der Waals surface area contributed by atoms with Crippen LogP contribution in [0.5, 0.6) is 5.75 Å². The third-order valence-electron chi connectivity index (χ3n) is 4.26. The number of hydrogen-bond acceptors (Lipinski definition) is 2. The molecule has 2 aromatic carbocycles. The van der Waals surface area contributed by atoms with E-state index in [2.05, 4.69) is 0 Å². The van der Waals surface area contributed by atoms with Gasteiger partial charge in [0.2, 0.25) is 0 Å². The number of carbonyl (C=O) groups is 1. The topological polar surface area (TPSA) is 29.5 Å². The Bertz CT molecular complexity index is 744. The molecule has 0 N–H and O–H groups in total. The van der Waals surface area contributed by atoms with Crippen LogP contribution in [0.4, 0.5) is 13.2 Å². The van der Waals surface area contributed by atoms with E-state index in [4.69, 9.17) is 4.74 Å². The predicted octanol–water partition coefficient (Wildman–Crippen LogP) is 4.12. The molecule has 6 heteroatoms. The summed E-state index contributed by atoms with van der Waals surface area (Å²) in [6.45, 7) is 1.66. The van der Waals surface area contributed by atoms with Crippen molar-refractivity contribution >= 4 is 5.91 Å². The number of hydrogen-bond donors (Lipinski definition) is 0. The minimum absolute atomic E-state index is 0.00859. The average molecular weight is 349 g/mol. The molecule has 1 heterocycles. The van der Waals surface area contributed by atoms with Crippen molar-refractivity contribution < 1.29 is 22.7 Å². The fraction of sp³-hybridized carbons (Fsp3) is 0.316. The molecular formula is C19H18F3NO2. The molecule has 2 aromatic rings. The standard InChI is InChI=1S/C19H18F3NO2/c1-12-7-15(20)10-23(12)19(24)14-8-16(21)18(17(22)9-14)25-11-13-5-3-2-4-6-13/h2-6,8-9,12,15H,7,10-11H2,1H3. The lowest BCUT2D eigenvalue weighted by atomic mass is 10.1. The molecule has 3 rings (SSSR count). The maximum absolute atomic E-state index is 14.2. The lowest BCUT2D eigenvalue weighted by Gasteiger charge is -2.21. The van der Waals surface area contributed by atoms with Crippen LogP contribution in [-0.4, -0.2) is 29.6 Å². The normalized spacial score (nSPS) is 19.9. The monoisotopic (exact) mass is 349 g/mol. The van der Waals surface area contributed by atoms with Crippen molar-refractivity contribution in [1.29, 1.82) is 0 Å². The van der Waals surface area contributed by atoms with Gasteiger partial charge in [0.15, 0.2) is 17.4 Å². The van der Waals surface area contributed by atoms with Crippen LogP contribution in [0.2, 0.25) is 0 Å². The Hall–Kier alpha value is -2.50. The number of ether oxygens (including phenoxy) is 1. The van der Waals surface area contributed by atoms with E-state index in [9.17, 15) is 18.0 Å². The number of carbonyl (C=O) groups excluding carboxylic acids is 1. The third-order valence-corrected chi connectivity index (χ3v) is 4.26. The summed E-state index contributed by atoms with van der Waals surface area (Å²) in [6, 6.07) is 10.5. The first-order valence-electron chi connectivity index (χ1n) is 8.06. The van der Waals surface area contributed by atoms with Crippen LogP contribution in [0.15, 0.2) is 42.5 Å². The van der Waals surface area contributed by atoms with Gasteiger partial charge in [0, 0.05) is 18.0 Å². The van der Waals surface area contributed by atoms with Crippen LogP contribution in [0, 0.1) is 11.6 Å². The van der Waals surface area contributed by atoms with E-state index in [0.717, 1.165) is 17.7 Å². The second-order valence-electron chi connectivity index (χ2n) is 6.18. The maximum Gasteiger partial charge on any atom is 0.254 e. The molecule has 1 amide bonds. The predicted molar refractivity (Wildman–Crippen MR) is 87.1 cm³/mol. The number of benzene rings is 2. The lowest BCUT2D eigenvalue weighted by molar-refractivity contribution is 0.0738. The molecular weight excluding hydrogens is 331 g/mol. The van der Waals surface area contributed by atoms with E-state index in [-0.39, 0.29) is 31.2 Å². The Balaban J connectivity index is 1.77. The van der Waals surface area contributed by atoms with E-state index < -0.39 is 29.5 Å².